The molecule has 0 aliphatic carbocycles. The van der Waals surface area contributed by atoms with Gasteiger partial charge < -0.3 is 15.1 Å². The zero-order valence-electron chi connectivity index (χ0n) is 12.3. The fourth-order valence-electron chi connectivity index (χ4n) is 3.25. The lowest BCUT2D eigenvalue weighted by molar-refractivity contribution is -0.135. The number of hydrogen-bond donors (Lipinski definition) is 2. The SMILES string of the molecule is CN1C(=O)[C@@H](O)[C@@H](c2ccccc2)[C@@H]1[C@H](O)c1ccccc1. The van der Waals surface area contributed by atoms with E-state index >= 15 is 0 Å². The monoisotopic (exact) mass is 297 g/mol. The Hall–Kier alpha value is -2.17. The Kier molecular flexibility index (Phi) is 3.96. The van der Waals surface area contributed by atoms with E-state index in [9.17, 15) is 15.0 Å². The van der Waals surface area contributed by atoms with Gasteiger partial charge in [0.15, 0.2) is 0 Å². The summed E-state index contributed by atoms with van der Waals surface area (Å²) < 4.78 is 0. The lowest BCUT2D eigenvalue weighted by atomic mass is 9.85. The molecule has 22 heavy (non-hydrogen) atoms. The molecule has 0 spiro atoms. The third kappa shape index (κ3) is 2.40. The van der Waals surface area contributed by atoms with Gasteiger partial charge in [0.25, 0.3) is 5.91 Å². The molecule has 1 saturated heterocycles. The molecule has 1 aliphatic rings. The highest BCUT2D eigenvalue weighted by atomic mass is 16.3. The van der Waals surface area contributed by atoms with E-state index in [1.54, 1.807) is 7.05 Å². The van der Waals surface area contributed by atoms with Crippen LogP contribution in [0.1, 0.15) is 23.1 Å². The van der Waals surface area contributed by atoms with Gasteiger partial charge in [-0.25, -0.2) is 0 Å². The Morgan fingerprint density at radius 1 is 1.00 bits per heavy atom. The highest BCUT2D eigenvalue weighted by molar-refractivity contribution is 5.85. The number of nitrogens with zero attached hydrogens (tertiary/aromatic N) is 1. The summed E-state index contributed by atoms with van der Waals surface area (Å²) in [5.74, 6) is -0.803. The van der Waals surface area contributed by atoms with Crippen LogP contribution in [0.5, 0.6) is 0 Å². The van der Waals surface area contributed by atoms with Crippen LogP contribution in [0.4, 0.5) is 0 Å². The molecule has 2 aromatic carbocycles. The molecule has 3 rings (SSSR count). The van der Waals surface area contributed by atoms with Crippen LogP contribution in [-0.4, -0.2) is 40.2 Å². The fourth-order valence-corrected chi connectivity index (χ4v) is 3.25. The molecule has 2 N–H and O–H groups in total. The molecule has 0 aromatic heterocycles. The zero-order chi connectivity index (χ0) is 15.7. The van der Waals surface area contributed by atoms with Crippen molar-refractivity contribution in [3.63, 3.8) is 0 Å². The number of carbonyl (C=O) groups excluding carboxylic acids is 1. The number of amides is 1. The van der Waals surface area contributed by atoms with E-state index in [1.165, 1.54) is 4.90 Å². The predicted octanol–water partition coefficient (Wildman–Crippen LogP) is 1.71. The number of carbonyl (C=O) groups is 1. The first kappa shape index (κ1) is 14.8. The van der Waals surface area contributed by atoms with Gasteiger partial charge in [-0.05, 0) is 11.1 Å². The molecule has 0 radical (unpaired) electrons. The average Bonchev–Trinajstić information content (AvgIpc) is 2.80. The minimum absolute atomic E-state index is 0.353. The van der Waals surface area contributed by atoms with Crippen molar-refractivity contribution in [3.05, 3.63) is 71.8 Å². The first-order valence-electron chi connectivity index (χ1n) is 7.34. The summed E-state index contributed by atoms with van der Waals surface area (Å²) in [5.41, 5.74) is 1.59. The van der Waals surface area contributed by atoms with E-state index in [-0.39, 0.29) is 5.91 Å². The lowest BCUT2D eigenvalue weighted by Crippen LogP contribution is -2.36. The van der Waals surface area contributed by atoms with Crippen molar-refractivity contribution >= 4 is 5.91 Å². The molecule has 0 bridgehead atoms. The van der Waals surface area contributed by atoms with E-state index in [0.717, 1.165) is 11.1 Å². The van der Waals surface area contributed by atoms with Gasteiger partial charge in [0.05, 0.1) is 6.04 Å². The highest BCUT2D eigenvalue weighted by Crippen LogP contribution is 2.40. The smallest absolute Gasteiger partial charge is 0.252 e. The van der Waals surface area contributed by atoms with Crippen LogP contribution in [0.3, 0.4) is 0 Å². The van der Waals surface area contributed by atoms with E-state index in [4.69, 9.17) is 0 Å². The summed E-state index contributed by atoms with van der Waals surface area (Å²) in [4.78, 5) is 13.7. The third-order valence-corrected chi connectivity index (χ3v) is 4.41. The second-order valence-electron chi connectivity index (χ2n) is 5.68. The maximum Gasteiger partial charge on any atom is 0.252 e. The summed E-state index contributed by atoms with van der Waals surface area (Å²) >= 11 is 0. The maximum atomic E-state index is 12.2. The van der Waals surface area contributed by atoms with Crippen molar-refractivity contribution < 1.29 is 15.0 Å². The molecule has 4 atom stereocenters. The number of rotatable bonds is 3. The molecule has 114 valence electrons. The van der Waals surface area contributed by atoms with Crippen LogP contribution in [0, 0.1) is 0 Å². The number of hydrogen-bond acceptors (Lipinski definition) is 3. The summed E-state index contributed by atoms with van der Waals surface area (Å²) in [6.45, 7) is 0. The molecule has 1 aliphatic heterocycles. The summed E-state index contributed by atoms with van der Waals surface area (Å²) in [6, 6.07) is 18.1. The van der Waals surface area contributed by atoms with E-state index in [2.05, 4.69) is 0 Å². The first-order valence-corrected chi connectivity index (χ1v) is 7.34. The standard InChI is InChI=1S/C18H19NO3/c1-19-15(16(20)13-10-6-3-7-11-13)14(17(21)18(19)22)12-8-4-2-5-9-12/h2-11,14-17,20-21H,1H3/t14-,15+,16+,17-/m0/s1. The molecule has 1 fully saturated rings. The average molecular weight is 297 g/mol. The van der Waals surface area contributed by atoms with Crippen molar-refractivity contribution in [1.82, 2.24) is 4.90 Å². The number of aliphatic hydroxyl groups excluding tert-OH is 2. The number of likely N-dealkylation sites (tertiary alicyclic amines) is 1. The number of benzene rings is 2. The minimum Gasteiger partial charge on any atom is -0.386 e. The van der Waals surface area contributed by atoms with Crippen molar-refractivity contribution in [2.75, 3.05) is 7.05 Å². The fraction of sp³-hybridized carbons (Fsp3) is 0.278. The largest absolute Gasteiger partial charge is 0.386 e. The van der Waals surface area contributed by atoms with Crippen LogP contribution < -0.4 is 0 Å². The van der Waals surface area contributed by atoms with Crippen molar-refractivity contribution in [2.45, 2.75) is 24.2 Å². The molecule has 1 amide bonds. The van der Waals surface area contributed by atoms with Crippen LogP contribution in [0.25, 0.3) is 0 Å². The normalized spacial score (nSPS) is 26.2. The molecular weight excluding hydrogens is 278 g/mol. The lowest BCUT2D eigenvalue weighted by Gasteiger charge is -2.30. The summed E-state index contributed by atoms with van der Waals surface area (Å²) in [7, 11) is 1.63. The summed E-state index contributed by atoms with van der Waals surface area (Å²) in [6.07, 6.45) is -1.98. The van der Waals surface area contributed by atoms with Gasteiger partial charge >= 0.3 is 0 Å². The van der Waals surface area contributed by atoms with Crippen molar-refractivity contribution in [3.8, 4) is 0 Å². The Morgan fingerprint density at radius 3 is 2.14 bits per heavy atom. The molecular formula is C18H19NO3. The molecule has 4 nitrogen and oxygen atoms in total. The molecule has 4 heteroatoms. The molecule has 0 saturated carbocycles. The van der Waals surface area contributed by atoms with Gasteiger partial charge in [0.1, 0.15) is 12.2 Å². The number of likely N-dealkylation sites (N-methyl/N-ethyl adjacent to an activating group) is 1. The quantitative estimate of drug-likeness (QED) is 0.906. The highest BCUT2D eigenvalue weighted by Gasteiger charge is 2.49. The van der Waals surface area contributed by atoms with Crippen LogP contribution in [0.15, 0.2) is 60.7 Å². The van der Waals surface area contributed by atoms with Gasteiger partial charge in [0, 0.05) is 13.0 Å². The van der Waals surface area contributed by atoms with Crippen molar-refractivity contribution in [2.24, 2.45) is 0 Å². The Morgan fingerprint density at radius 2 is 1.55 bits per heavy atom. The van der Waals surface area contributed by atoms with Crippen LogP contribution >= 0.6 is 0 Å². The van der Waals surface area contributed by atoms with Gasteiger partial charge in [-0.15, -0.1) is 0 Å². The first-order chi connectivity index (χ1) is 10.6. The van der Waals surface area contributed by atoms with Gasteiger partial charge in [-0.2, -0.15) is 0 Å². The second-order valence-corrected chi connectivity index (χ2v) is 5.68. The van der Waals surface area contributed by atoms with Crippen LogP contribution in [-0.2, 0) is 4.79 Å². The van der Waals surface area contributed by atoms with E-state index < -0.39 is 24.2 Å². The third-order valence-electron chi connectivity index (χ3n) is 4.41. The topological polar surface area (TPSA) is 60.8 Å². The molecule has 1 heterocycles. The second kappa shape index (κ2) is 5.91. The molecule has 0 unspecified atom stereocenters. The minimum atomic E-state index is -1.13. The summed E-state index contributed by atoms with van der Waals surface area (Å²) in [5, 5.41) is 21.1. The predicted molar refractivity (Wildman–Crippen MR) is 83.1 cm³/mol. The zero-order valence-corrected chi connectivity index (χ0v) is 12.3. The van der Waals surface area contributed by atoms with E-state index in [1.807, 2.05) is 60.7 Å². The van der Waals surface area contributed by atoms with Crippen molar-refractivity contribution in [1.29, 1.82) is 0 Å². The Labute approximate surface area is 129 Å². The van der Waals surface area contributed by atoms with Gasteiger partial charge in [0.2, 0.25) is 0 Å². The number of aliphatic hydroxyl groups is 2. The Balaban J connectivity index is 2.01. The van der Waals surface area contributed by atoms with Gasteiger partial charge in [-0.1, -0.05) is 60.7 Å². The van der Waals surface area contributed by atoms with E-state index in [0.29, 0.717) is 0 Å². The van der Waals surface area contributed by atoms with Crippen LogP contribution in [0.2, 0.25) is 0 Å². The Bertz CT molecular complexity index is 644. The maximum absolute atomic E-state index is 12.2. The molecule has 2 aromatic rings. The van der Waals surface area contributed by atoms with Gasteiger partial charge in [-0.3, -0.25) is 4.79 Å².